The normalized spacial score (nSPS) is 13.1. The van der Waals surface area contributed by atoms with E-state index >= 15 is 0 Å². The van der Waals surface area contributed by atoms with Crippen LogP contribution in [0.4, 0.5) is 0 Å². The first-order chi connectivity index (χ1) is 7.56. The second-order valence-corrected chi connectivity index (χ2v) is 3.86. The van der Waals surface area contributed by atoms with E-state index in [-0.39, 0.29) is 19.3 Å². The van der Waals surface area contributed by atoms with Gasteiger partial charge in [0.25, 0.3) is 0 Å². The summed E-state index contributed by atoms with van der Waals surface area (Å²) in [7, 11) is -1.18. The lowest BCUT2D eigenvalue weighted by atomic mass is 10.2. The molecule has 0 aliphatic heterocycles. The predicted molar refractivity (Wildman–Crippen MR) is 62.3 cm³/mol. The van der Waals surface area contributed by atoms with Crippen molar-refractivity contribution in [2.45, 2.75) is 26.3 Å². The van der Waals surface area contributed by atoms with Gasteiger partial charge in [-0.05, 0) is 13.0 Å². The van der Waals surface area contributed by atoms with Gasteiger partial charge in [-0.1, -0.05) is 13.8 Å². The molecule has 0 aromatic rings. The van der Waals surface area contributed by atoms with Crippen LogP contribution in [0.2, 0.25) is 0 Å². The monoisotopic (exact) mass is 256 g/mol. The quantitative estimate of drug-likeness (QED) is 0.570. The van der Waals surface area contributed by atoms with Gasteiger partial charge in [-0.2, -0.15) is 0 Å². The number of aliphatic hydroxyl groups is 2. The van der Waals surface area contributed by atoms with Gasteiger partial charge in [0, 0.05) is 17.2 Å². The summed E-state index contributed by atoms with van der Waals surface area (Å²) < 4.78 is 13.1. The maximum Gasteiger partial charge on any atom is 0.694 e. The zero-order valence-corrected chi connectivity index (χ0v) is 11.1. The van der Waals surface area contributed by atoms with E-state index in [9.17, 15) is 4.57 Å². The van der Waals surface area contributed by atoms with Gasteiger partial charge in [0.15, 0.2) is 0 Å². The molecule has 0 bridgehead atoms. The van der Waals surface area contributed by atoms with E-state index in [1.165, 1.54) is 7.11 Å². The molecular weight excluding hydrogens is 233 g/mol. The summed E-state index contributed by atoms with van der Waals surface area (Å²) in [5.41, 5.74) is 0. The molecule has 0 heterocycles. The van der Waals surface area contributed by atoms with E-state index in [4.69, 9.17) is 15.1 Å². The number of likely N-dealkylation sites (N-methyl/N-ethyl adjacent to an activating group) is 1. The largest absolute Gasteiger partial charge is 0.694 e. The van der Waals surface area contributed by atoms with E-state index < -0.39 is 8.25 Å². The van der Waals surface area contributed by atoms with Gasteiger partial charge in [0.05, 0.1) is 20.3 Å². The van der Waals surface area contributed by atoms with Gasteiger partial charge < -0.3 is 10.2 Å². The standard InChI is InChI=1S/C8H19NO2.CH3O3P/c1-3-8(7-11)9(4-2)5-6-10;1-4-5(2)3/h8,10-11H,3-7H2,1-2H3;1H3/p+1. The van der Waals surface area contributed by atoms with Gasteiger partial charge >= 0.3 is 8.25 Å². The summed E-state index contributed by atoms with van der Waals surface area (Å²) in [6, 6.07) is 0.215. The van der Waals surface area contributed by atoms with Crippen LogP contribution in [0.15, 0.2) is 0 Å². The Balaban J connectivity index is 0. The third-order valence-corrected chi connectivity index (χ3v) is 2.46. The first kappa shape index (κ1) is 18.3. The van der Waals surface area contributed by atoms with Gasteiger partial charge in [0.1, 0.15) is 0 Å². The minimum atomic E-state index is -2.35. The zero-order valence-electron chi connectivity index (χ0n) is 10.2. The Morgan fingerprint density at radius 3 is 2.06 bits per heavy atom. The summed E-state index contributed by atoms with van der Waals surface area (Å²) in [5, 5.41) is 17.6. The number of rotatable bonds is 7. The van der Waals surface area contributed by atoms with Crippen LogP contribution in [0.1, 0.15) is 20.3 Å². The maximum absolute atomic E-state index is 9.29. The zero-order chi connectivity index (χ0) is 13.0. The molecule has 0 spiro atoms. The Morgan fingerprint density at radius 1 is 1.38 bits per heavy atom. The highest BCUT2D eigenvalue weighted by Gasteiger charge is 2.12. The van der Waals surface area contributed by atoms with E-state index in [0.717, 1.165) is 13.0 Å². The fourth-order valence-electron chi connectivity index (χ4n) is 1.23. The van der Waals surface area contributed by atoms with Crippen molar-refractivity contribution in [2.75, 3.05) is 33.4 Å². The van der Waals surface area contributed by atoms with E-state index in [1.807, 2.05) is 13.8 Å². The third-order valence-electron chi connectivity index (χ3n) is 2.15. The van der Waals surface area contributed by atoms with Crippen molar-refractivity contribution < 1.29 is 24.2 Å². The molecule has 0 aliphatic rings. The molecular formula is C9H23NO5P+. The van der Waals surface area contributed by atoms with Crippen molar-refractivity contribution >= 4 is 8.25 Å². The predicted octanol–water partition coefficient (Wildman–Crippen LogP) is 0.354. The number of aliphatic hydroxyl groups excluding tert-OH is 2. The van der Waals surface area contributed by atoms with Crippen molar-refractivity contribution in [2.24, 2.45) is 0 Å². The van der Waals surface area contributed by atoms with Crippen LogP contribution < -0.4 is 0 Å². The highest BCUT2D eigenvalue weighted by molar-refractivity contribution is 7.32. The average Bonchev–Trinajstić information content (AvgIpc) is 2.30. The van der Waals surface area contributed by atoms with Crippen LogP contribution in [0, 0.1) is 0 Å². The Bertz CT molecular complexity index is 166. The summed E-state index contributed by atoms with van der Waals surface area (Å²) in [6.07, 6.45) is 0.935. The molecule has 0 saturated heterocycles. The number of hydrogen-bond donors (Lipinski definition) is 3. The van der Waals surface area contributed by atoms with Crippen LogP contribution in [-0.2, 0) is 9.09 Å². The van der Waals surface area contributed by atoms with Gasteiger partial charge in [-0.15, -0.1) is 9.42 Å². The van der Waals surface area contributed by atoms with Crippen LogP contribution in [0.25, 0.3) is 0 Å². The van der Waals surface area contributed by atoms with E-state index in [2.05, 4.69) is 9.42 Å². The molecule has 0 saturated carbocycles. The van der Waals surface area contributed by atoms with Crippen LogP contribution in [0.5, 0.6) is 0 Å². The Morgan fingerprint density at radius 2 is 1.88 bits per heavy atom. The molecule has 3 N–H and O–H groups in total. The van der Waals surface area contributed by atoms with Crippen LogP contribution in [-0.4, -0.2) is 59.5 Å². The van der Waals surface area contributed by atoms with Gasteiger partial charge in [0.2, 0.25) is 0 Å². The van der Waals surface area contributed by atoms with Crippen molar-refractivity contribution in [3.05, 3.63) is 0 Å². The molecule has 16 heavy (non-hydrogen) atoms. The van der Waals surface area contributed by atoms with Gasteiger partial charge in [-0.3, -0.25) is 4.90 Å². The topological polar surface area (TPSA) is 90.2 Å². The fourth-order valence-corrected chi connectivity index (χ4v) is 1.23. The van der Waals surface area contributed by atoms with E-state index in [0.29, 0.717) is 6.54 Å². The maximum atomic E-state index is 9.29. The molecule has 2 atom stereocenters. The molecule has 0 rings (SSSR count). The van der Waals surface area contributed by atoms with E-state index in [1.54, 1.807) is 0 Å². The first-order valence-electron chi connectivity index (χ1n) is 5.23. The Labute approximate surface area is 97.8 Å². The molecule has 98 valence electrons. The number of hydrogen-bond acceptors (Lipinski definition) is 5. The van der Waals surface area contributed by atoms with Crippen molar-refractivity contribution in [3.8, 4) is 0 Å². The van der Waals surface area contributed by atoms with Crippen molar-refractivity contribution in [1.29, 1.82) is 0 Å². The number of nitrogens with zero attached hydrogens (tertiary/aromatic N) is 1. The molecule has 0 aromatic heterocycles. The summed E-state index contributed by atoms with van der Waals surface area (Å²) in [5.74, 6) is 0. The van der Waals surface area contributed by atoms with Crippen molar-refractivity contribution in [3.63, 3.8) is 0 Å². The lowest BCUT2D eigenvalue weighted by Crippen LogP contribution is -2.39. The minimum Gasteiger partial charge on any atom is -0.395 e. The Kier molecular flexibility index (Phi) is 14.8. The first-order valence-corrected chi connectivity index (χ1v) is 6.36. The van der Waals surface area contributed by atoms with Crippen LogP contribution >= 0.6 is 8.25 Å². The minimum absolute atomic E-state index is 0.171. The van der Waals surface area contributed by atoms with Gasteiger partial charge in [-0.25, -0.2) is 0 Å². The molecule has 0 fully saturated rings. The fraction of sp³-hybridized carbons (Fsp3) is 1.00. The molecule has 0 radical (unpaired) electrons. The summed E-state index contributed by atoms with van der Waals surface area (Å²) in [4.78, 5) is 9.73. The Hall–Kier alpha value is -0.100. The lowest BCUT2D eigenvalue weighted by Gasteiger charge is -2.27. The molecule has 7 heteroatoms. The second-order valence-electron chi connectivity index (χ2n) is 3.02. The highest BCUT2D eigenvalue weighted by Crippen LogP contribution is 2.09. The lowest BCUT2D eigenvalue weighted by molar-refractivity contribution is 0.104. The summed E-state index contributed by atoms with van der Waals surface area (Å²) in [6.45, 7) is 5.98. The third kappa shape index (κ3) is 10.4. The SMILES string of the molecule is CCC(CO)N(CC)CCO.CO[P+](=O)O. The molecule has 0 aromatic carbocycles. The molecule has 2 unspecified atom stereocenters. The molecule has 6 nitrogen and oxygen atoms in total. The van der Waals surface area contributed by atoms with Crippen LogP contribution in [0.3, 0.4) is 0 Å². The van der Waals surface area contributed by atoms with Crippen molar-refractivity contribution in [1.82, 2.24) is 4.90 Å². The molecule has 0 aliphatic carbocycles. The second kappa shape index (κ2) is 13.0. The summed E-state index contributed by atoms with van der Waals surface area (Å²) >= 11 is 0. The smallest absolute Gasteiger partial charge is 0.395 e. The molecule has 0 amide bonds. The average molecular weight is 256 g/mol. The highest BCUT2D eigenvalue weighted by atomic mass is 31.1.